The summed E-state index contributed by atoms with van der Waals surface area (Å²) in [6.45, 7) is 4.29. The van der Waals surface area contributed by atoms with E-state index in [2.05, 4.69) is 5.32 Å². The van der Waals surface area contributed by atoms with Crippen LogP contribution in [-0.2, 0) is 14.3 Å². The van der Waals surface area contributed by atoms with Gasteiger partial charge in [-0.3, -0.25) is 4.79 Å². The normalized spacial score (nSPS) is 12.1. The molecule has 3 N–H and O–H groups in total. The van der Waals surface area contributed by atoms with E-state index in [1.54, 1.807) is 7.11 Å². The van der Waals surface area contributed by atoms with Crippen LogP contribution in [0, 0.1) is 0 Å². The molecule has 0 heterocycles. The topological polar surface area (TPSA) is 73.6 Å². The lowest BCUT2D eigenvalue weighted by molar-refractivity contribution is -0.122. The number of nitrogens with one attached hydrogen (secondary N) is 1. The number of ether oxygens (including phenoxy) is 2. The summed E-state index contributed by atoms with van der Waals surface area (Å²) in [5.41, 5.74) is 7.32. The van der Waals surface area contributed by atoms with Gasteiger partial charge in [-0.1, -0.05) is 12.1 Å². The van der Waals surface area contributed by atoms with Crippen LogP contribution in [-0.4, -0.2) is 39.4 Å². The molecule has 0 aliphatic rings. The van der Waals surface area contributed by atoms with E-state index in [0.717, 1.165) is 12.0 Å². The highest BCUT2D eigenvalue weighted by Crippen LogP contribution is 2.17. The van der Waals surface area contributed by atoms with E-state index in [0.29, 0.717) is 32.1 Å². The third kappa shape index (κ3) is 6.04. The number of hydrogen-bond donors (Lipinski definition) is 2. The molecule has 0 aliphatic heterocycles. The Morgan fingerprint density at radius 2 is 2.15 bits per heavy atom. The van der Waals surface area contributed by atoms with Crippen LogP contribution >= 0.6 is 0 Å². The molecule has 0 aliphatic carbocycles. The molecule has 5 heteroatoms. The van der Waals surface area contributed by atoms with Gasteiger partial charge in [-0.15, -0.1) is 0 Å². The minimum absolute atomic E-state index is 0.00694. The Hall–Kier alpha value is -1.59. The minimum atomic E-state index is -0.201. The third-order valence-electron chi connectivity index (χ3n) is 3.00. The molecule has 1 amide bonds. The minimum Gasteiger partial charge on any atom is -0.399 e. The number of carbonyl (C=O) groups is 1. The first-order valence-electron chi connectivity index (χ1n) is 6.85. The summed E-state index contributed by atoms with van der Waals surface area (Å²) in [4.78, 5) is 12.0. The molecule has 0 fully saturated rings. The third-order valence-corrected chi connectivity index (χ3v) is 3.00. The van der Waals surface area contributed by atoms with Crippen molar-refractivity contribution in [2.24, 2.45) is 0 Å². The Morgan fingerprint density at radius 1 is 1.35 bits per heavy atom. The smallest absolute Gasteiger partial charge is 0.227 e. The fourth-order valence-corrected chi connectivity index (χ4v) is 1.76. The number of carbonyl (C=O) groups excluding carboxylic acids is 1. The maximum atomic E-state index is 12.0. The van der Waals surface area contributed by atoms with Crippen molar-refractivity contribution < 1.29 is 14.3 Å². The van der Waals surface area contributed by atoms with Gasteiger partial charge in [0.25, 0.3) is 0 Å². The summed E-state index contributed by atoms with van der Waals surface area (Å²) in [7, 11) is 1.64. The number of nitrogens with two attached hydrogens (primary N) is 1. The monoisotopic (exact) mass is 280 g/mol. The van der Waals surface area contributed by atoms with Crippen molar-refractivity contribution in [2.45, 2.75) is 19.3 Å². The van der Waals surface area contributed by atoms with Gasteiger partial charge in [0.2, 0.25) is 5.91 Å². The molecular weight excluding hydrogens is 256 g/mol. The molecule has 1 rings (SSSR count). The lowest BCUT2D eigenvalue weighted by Gasteiger charge is -2.13. The van der Waals surface area contributed by atoms with E-state index in [1.165, 1.54) is 0 Å². The van der Waals surface area contributed by atoms with Crippen LogP contribution in [0.3, 0.4) is 0 Å². The zero-order valence-electron chi connectivity index (χ0n) is 12.2. The number of benzene rings is 1. The van der Waals surface area contributed by atoms with Gasteiger partial charge >= 0.3 is 0 Å². The molecule has 112 valence electrons. The van der Waals surface area contributed by atoms with Gasteiger partial charge in [-0.05, 0) is 31.0 Å². The highest BCUT2D eigenvalue weighted by atomic mass is 16.5. The second-order valence-electron chi connectivity index (χ2n) is 4.64. The van der Waals surface area contributed by atoms with Crippen LogP contribution in [0.4, 0.5) is 5.69 Å². The second-order valence-corrected chi connectivity index (χ2v) is 4.64. The Labute approximate surface area is 120 Å². The van der Waals surface area contributed by atoms with E-state index in [9.17, 15) is 4.79 Å². The van der Waals surface area contributed by atoms with E-state index in [1.807, 2.05) is 31.2 Å². The SMILES string of the molecule is COCCOCCCNC(=O)C(C)c1cccc(N)c1. The largest absolute Gasteiger partial charge is 0.399 e. The van der Waals surface area contributed by atoms with Gasteiger partial charge in [0.05, 0.1) is 19.1 Å². The van der Waals surface area contributed by atoms with Gasteiger partial charge in [0.1, 0.15) is 0 Å². The maximum absolute atomic E-state index is 12.0. The average Bonchev–Trinajstić information content (AvgIpc) is 2.45. The van der Waals surface area contributed by atoms with E-state index < -0.39 is 0 Å². The van der Waals surface area contributed by atoms with E-state index >= 15 is 0 Å². The predicted molar refractivity (Wildman–Crippen MR) is 79.6 cm³/mol. The molecule has 20 heavy (non-hydrogen) atoms. The number of methoxy groups -OCH3 is 1. The summed E-state index contributed by atoms with van der Waals surface area (Å²) in [6.07, 6.45) is 0.791. The van der Waals surface area contributed by atoms with Crippen LogP contribution in [0.2, 0.25) is 0 Å². The molecule has 0 saturated carbocycles. The van der Waals surface area contributed by atoms with Gasteiger partial charge in [0, 0.05) is 25.9 Å². The summed E-state index contributed by atoms with van der Waals surface area (Å²) in [6, 6.07) is 7.41. The molecular formula is C15H24N2O3. The lowest BCUT2D eigenvalue weighted by atomic mass is 10.00. The Balaban J connectivity index is 2.22. The summed E-state index contributed by atoms with van der Waals surface area (Å²) < 4.78 is 10.2. The van der Waals surface area contributed by atoms with Gasteiger partial charge < -0.3 is 20.5 Å². The number of hydrogen-bond acceptors (Lipinski definition) is 4. The van der Waals surface area contributed by atoms with E-state index in [4.69, 9.17) is 15.2 Å². The molecule has 5 nitrogen and oxygen atoms in total. The average molecular weight is 280 g/mol. The van der Waals surface area contributed by atoms with Gasteiger partial charge in [-0.25, -0.2) is 0 Å². The summed E-state index contributed by atoms with van der Waals surface area (Å²) >= 11 is 0. The Morgan fingerprint density at radius 3 is 2.85 bits per heavy atom. The number of rotatable bonds is 9. The molecule has 0 spiro atoms. The van der Waals surface area contributed by atoms with Crippen LogP contribution < -0.4 is 11.1 Å². The molecule has 0 radical (unpaired) electrons. The molecule has 1 unspecified atom stereocenters. The molecule has 0 bridgehead atoms. The van der Waals surface area contributed by atoms with Crippen molar-refractivity contribution in [3.63, 3.8) is 0 Å². The molecule has 1 aromatic carbocycles. The Bertz CT molecular complexity index is 410. The second kappa shape index (κ2) is 9.34. The van der Waals surface area contributed by atoms with Crippen molar-refractivity contribution in [3.05, 3.63) is 29.8 Å². The molecule has 0 saturated heterocycles. The first-order chi connectivity index (χ1) is 9.65. The number of anilines is 1. The quantitative estimate of drug-likeness (QED) is 0.531. The molecule has 1 atom stereocenters. The van der Waals surface area contributed by atoms with Crippen LogP contribution in [0.5, 0.6) is 0 Å². The van der Waals surface area contributed by atoms with Crippen molar-refractivity contribution in [3.8, 4) is 0 Å². The van der Waals surface area contributed by atoms with Crippen LogP contribution in [0.15, 0.2) is 24.3 Å². The highest BCUT2D eigenvalue weighted by Gasteiger charge is 2.14. The first kappa shape index (κ1) is 16.5. The molecule has 1 aromatic rings. The zero-order valence-corrected chi connectivity index (χ0v) is 12.2. The number of amides is 1. The maximum Gasteiger partial charge on any atom is 0.227 e. The number of nitrogen functional groups attached to an aromatic ring is 1. The van der Waals surface area contributed by atoms with Crippen molar-refractivity contribution in [1.29, 1.82) is 0 Å². The van der Waals surface area contributed by atoms with Crippen molar-refractivity contribution in [1.82, 2.24) is 5.32 Å². The highest BCUT2D eigenvalue weighted by molar-refractivity contribution is 5.83. The Kier molecular flexibility index (Phi) is 7.69. The van der Waals surface area contributed by atoms with Gasteiger partial charge in [0.15, 0.2) is 0 Å². The summed E-state index contributed by atoms with van der Waals surface area (Å²) in [5, 5.41) is 2.90. The predicted octanol–water partition coefficient (Wildman–Crippen LogP) is 1.54. The fourth-order valence-electron chi connectivity index (χ4n) is 1.76. The standard InChI is InChI=1S/C15H24N2O3/c1-12(13-5-3-6-14(16)11-13)15(18)17-7-4-8-20-10-9-19-2/h3,5-6,11-12H,4,7-10,16H2,1-2H3,(H,17,18). The first-order valence-corrected chi connectivity index (χ1v) is 6.85. The van der Waals surface area contributed by atoms with Crippen molar-refractivity contribution in [2.75, 3.05) is 39.2 Å². The lowest BCUT2D eigenvalue weighted by Crippen LogP contribution is -2.29. The van der Waals surface area contributed by atoms with Crippen LogP contribution in [0.25, 0.3) is 0 Å². The summed E-state index contributed by atoms with van der Waals surface area (Å²) in [5.74, 6) is -0.194. The van der Waals surface area contributed by atoms with Gasteiger partial charge in [-0.2, -0.15) is 0 Å². The van der Waals surface area contributed by atoms with Crippen molar-refractivity contribution >= 4 is 11.6 Å². The van der Waals surface area contributed by atoms with Crippen LogP contribution in [0.1, 0.15) is 24.8 Å². The van der Waals surface area contributed by atoms with E-state index in [-0.39, 0.29) is 11.8 Å². The zero-order chi connectivity index (χ0) is 14.8. The fraction of sp³-hybridized carbons (Fsp3) is 0.533. The molecule has 0 aromatic heterocycles.